The lowest BCUT2D eigenvalue weighted by Gasteiger charge is -2.11. The molecule has 0 aromatic carbocycles. The van der Waals surface area contributed by atoms with Crippen LogP contribution in [0.25, 0.3) is 0 Å². The largest absolute Gasteiger partial charge is 0.370 e. The van der Waals surface area contributed by atoms with Gasteiger partial charge >= 0.3 is 0 Å². The van der Waals surface area contributed by atoms with Crippen molar-refractivity contribution < 1.29 is 0 Å². The maximum Gasteiger partial charge on any atom is 0.140 e. The van der Waals surface area contributed by atoms with Crippen LogP contribution in [0.2, 0.25) is 0 Å². The van der Waals surface area contributed by atoms with E-state index in [0.29, 0.717) is 5.25 Å². The van der Waals surface area contributed by atoms with Crippen LogP contribution in [-0.2, 0) is 12.2 Å². The molecule has 1 N–H and O–H groups in total. The van der Waals surface area contributed by atoms with Crippen LogP contribution in [0.5, 0.6) is 0 Å². The predicted octanol–water partition coefficient (Wildman–Crippen LogP) is 4.28. The summed E-state index contributed by atoms with van der Waals surface area (Å²) in [6.07, 6.45) is 4.47. The molecule has 0 saturated carbocycles. The number of hydrogen-bond acceptors (Lipinski definition) is 4. The number of hydrogen-bond donors (Lipinski definition) is 1. The first-order valence-electron chi connectivity index (χ1n) is 7.41. The van der Waals surface area contributed by atoms with E-state index in [1.165, 1.54) is 6.42 Å². The molecule has 1 heterocycles. The van der Waals surface area contributed by atoms with Gasteiger partial charge in [-0.1, -0.05) is 34.1 Å². The zero-order valence-corrected chi connectivity index (χ0v) is 13.5. The Bertz CT molecular complexity index is 368. The molecule has 1 aromatic rings. The first-order valence-corrected chi connectivity index (χ1v) is 8.46. The highest BCUT2D eigenvalue weighted by atomic mass is 32.2. The topological polar surface area (TPSA) is 37.8 Å². The highest BCUT2D eigenvalue weighted by Gasteiger charge is 2.06. The number of aryl methyl sites for hydroxylation is 1. The lowest BCUT2D eigenvalue weighted by atomic mass is 10.2. The number of anilines is 1. The zero-order valence-electron chi connectivity index (χ0n) is 12.7. The molecule has 0 aliphatic rings. The number of aromatic nitrogens is 2. The molecule has 0 aliphatic carbocycles. The van der Waals surface area contributed by atoms with Crippen molar-refractivity contribution in [3.63, 3.8) is 0 Å². The van der Waals surface area contributed by atoms with Gasteiger partial charge in [0, 0.05) is 23.6 Å². The summed E-state index contributed by atoms with van der Waals surface area (Å²) in [6, 6.07) is 2.09. The summed E-state index contributed by atoms with van der Waals surface area (Å²) in [5, 5.41) is 4.05. The van der Waals surface area contributed by atoms with Crippen molar-refractivity contribution in [2.24, 2.45) is 0 Å². The third-order valence-electron chi connectivity index (χ3n) is 2.96. The van der Waals surface area contributed by atoms with Crippen molar-refractivity contribution >= 4 is 17.6 Å². The number of nitrogens with zero attached hydrogens (tertiary/aromatic N) is 2. The Morgan fingerprint density at radius 2 is 2.00 bits per heavy atom. The minimum atomic E-state index is 0.672. The minimum Gasteiger partial charge on any atom is -0.370 e. The van der Waals surface area contributed by atoms with E-state index in [-0.39, 0.29) is 0 Å². The van der Waals surface area contributed by atoms with Gasteiger partial charge < -0.3 is 5.32 Å². The third-order valence-corrected chi connectivity index (χ3v) is 4.29. The molecule has 0 bridgehead atoms. The molecule has 4 heteroatoms. The smallest absolute Gasteiger partial charge is 0.140 e. The highest BCUT2D eigenvalue weighted by Crippen LogP contribution is 2.19. The second-order valence-electron chi connectivity index (χ2n) is 4.87. The Kier molecular flexibility index (Phi) is 7.87. The summed E-state index contributed by atoms with van der Waals surface area (Å²) in [5.74, 6) is 2.86. The monoisotopic (exact) mass is 281 g/mol. The molecule has 19 heavy (non-hydrogen) atoms. The van der Waals surface area contributed by atoms with Gasteiger partial charge in [-0.2, -0.15) is 11.8 Å². The summed E-state index contributed by atoms with van der Waals surface area (Å²) in [4.78, 5) is 9.28. The van der Waals surface area contributed by atoms with Crippen LogP contribution in [0.1, 0.15) is 58.5 Å². The van der Waals surface area contributed by atoms with Gasteiger partial charge in [0.05, 0.1) is 5.75 Å². The lowest BCUT2D eigenvalue weighted by molar-refractivity contribution is 0.847. The molecule has 0 saturated heterocycles. The maximum atomic E-state index is 4.67. The van der Waals surface area contributed by atoms with E-state index in [4.69, 9.17) is 0 Å². The van der Waals surface area contributed by atoms with E-state index >= 15 is 0 Å². The van der Waals surface area contributed by atoms with Crippen LogP contribution in [0.3, 0.4) is 0 Å². The van der Waals surface area contributed by atoms with E-state index in [2.05, 4.69) is 49.0 Å². The average Bonchev–Trinajstić information content (AvgIpc) is 2.42. The first kappa shape index (κ1) is 16.3. The molecule has 0 spiro atoms. The first-order chi connectivity index (χ1) is 9.19. The fraction of sp³-hybridized carbons (Fsp3) is 0.733. The second kappa shape index (κ2) is 9.18. The summed E-state index contributed by atoms with van der Waals surface area (Å²) in [7, 11) is 0. The maximum absolute atomic E-state index is 4.67. The van der Waals surface area contributed by atoms with E-state index in [1.807, 2.05) is 11.8 Å². The highest BCUT2D eigenvalue weighted by molar-refractivity contribution is 7.99. The summed E-state index contributed by atoms with van der Waals surface area (Å²) >= 11 is 1.94. The van der Waals surface area contributed by atoms with Crippen molar-refractivity contribution in [2.75, 3.05) is 11.9 Å². The molecule has 1 atom stereocenters. The van der Waals surface area contributed by atoms with E-state index in [9.17, 15) is 0 Å². The van der Waals surface area contributed by atoms with Gasteiger partial charge in [-0.15, -0.1) is 0 Å². The number of thioether (sulfide) groups is 1. The van der Waals surface area contributed by atoms with Gasteiger partial charge in [-0.3, -0.25) is 0 Å². The van der Waals surface area contributed by atoms with Gasteiger partial charge in [0.15, 0.2) is 0 Å². The average molecular weight is 281 g/mol. The summed E-state index contributed by atoms with van der Waals surface area (Å²) in [6.45, 7) is 9.81. The number of rotatable bonds is 9. The van der Waals surface area contributed by atoms with Gasteiger partial charge in [-0.25, -0.2) is 9.97 Å². The lowest BCUT2D eigenvalue weighted by Crippen LogP contribution is -2.07. The Morgan fingerprint density at radius 3 is 2.63 bits per heavy atom. The van der Waals surface area contributed by atoms with Crippen LogP contribution < -0.4 is 5.32 Å². The predicted molar refractivity (Wildman–Crippen MR) is 85.9 cm³/mol. The van der Waals surface area contributed by atoms with Crippen molar-refractivity contribution in [1.29, 1.82) is 0 Å². The van der Waals surface area contributed by atoms with Crippen LogP contribution >= 0.6 is 11.8 Å². The molecular weight excluding hydrogens is 254 g/mol. The van der Waals surface area contributed by atoms with Crippen LogP contribution in [0.4, 0.5) is 5.82 Å². The molecule has 0 amide bonds. The fourth-order valence-corrected chi connectivity index (χ4v) is 2.48. The van der Waals surface area contributed by atoms with Gasteiger partial charge in [-0.05, 0) is 19.3 Å². The molecule has 108 valence electrons. The Labute approximate surface area is 122 Å². The third kappa shape index (κ3) is 6.28. The molecule has 3 nitrogen and oxygen atoms in total. The molecular formula is C15H27N3S. The molecule has 1 unspecified atom stereocenters. The van der Waals surface area contributed by atoms with Crippen LogP contribution in [-0.4, -0.2) is 21.8 Å². The van der Waals surface area contributed by atoms with E-state index in [1.54, 1.807) is 0 Å². The quantitative estimate of drug-likeness (QED) is 0.733. The molecule has 0 fully saturated rings. The number of nitrogens with one attached hydrogen (secondary N) is 1. The Morgan fingerprint density at radius 1 is 1.21 bits per heavy atom. The van der Waals surface area contributed by atoms with Gasteiger partial charge in [0.1, 0.15) is 11.6 Å². The van der Waals surface area contributed by atoms with Gasteiger partial charge in [0.2, 0.25) is 0 Å². The second-order valence-corrected chi connectivity index (χ2v) is 6.29. The molecule has 1 aromatic heterocycles. The van der Waals surface area contributed by atoms with E-state index in [0.717, 1.165) is 48.9 Å². The molecule has 0 aliphatic heterocycles. The minimum absolute atomic E-state index is 0.672. The van der Waals surface area contributed by atoms with Crippen LogP contribution in [0.15, 0.2) is 6.07 Å². The van der Waals surface area contributed by atoms with Crippen LogP contribution in [0, 0.1) is 0 Å². The SMILES string of the molecule is CCCNc1cc(CCC)nc(CSC(C)CC)n1. The molecule has 0 radical (unpaired) electrons. The summed E-state index contributed by atoms with van der Waals surface area (Å²) in [5.41, 5.74) is 1.16. The van der Waals surface area contributed by atoms with Crippen molar-refractivity contribution in [2.45, 2.75) is 64.4 Å². The van der Waals surface area contributed by atoms with Gasteiger partial charge in [0.25, 0.3) is 0 Å². The standard InChI is InChI=1S/C15H27N3S/c1-5-8-13-10-14(16-9-6-2)18-15(17-13)11-19-12(4)7-3/h10,12H,5-9,11H2,1-4H3,(H,16,17,18). The Hall–Kier alpha value is -0.770. The van der Waals surface area contributed by atoms with Crippen molar-refractivity contribution in [1.82, 2.24) is 9.97 Å². The molecule has 1 rings (SSSR count). The fourth-order valence-electron chi connectivity index (χ4n) is 1.68. The van der Waals surface area contributed by atoms with Crippen molar-refractivity contribution in [3.8, 4) is 0 Å². The van der Waals surface area contributed by atoms with E-state index < -0.39 is 0 Å². The van der Waals surface area contributed by atoms with Crippen molar-refractivity contribution in [3.05, 3.63) is 17.6 Å². The normalized spacial score (nSPS) is 12.4. The Balaban J connectivity index is 2.73. The summed E-state index contributed by atoms with van der Waals surface area (Å²) < 4.78 is 0. The zero-order chi connectivity index (χ0) is 14.1.